The Kier molecular flexibility index (Phi) is 5.06. The van der Waals surface area contributed by atoms with Gasteiger partial charge in [0.25, 0.3) is 0 Å². The fraction of sp³-hybridized carbons (Fsp3) is 0.263. The highest BCUT2D eigenvalue weighted by molar-refractivity contribution is 6.31. The fourth-order valence-electron chi connectivity index (χ4n) is 2.99. The molecule has 1 saturated heterocycles. The molecule has 2 atom stereocenters. The second-order valence-electron chi connectivity index (χ2n) is 6.28. The quantitative estimate of drug-likeness (QED) is 0.617. The van der Waals surface area contributed by atoms with Crippen LogP contribution in [0.3, 0.4) is 0 Å². The SMILES string of the molecule is CC1CO[C@](Cn2cncn2)(c2ccc(Oc3ccc(Cl)cc3)cc2Cl)O1. The summed E-state index contributed by atoms with van der Waals surface area (Å²) in [5, 5.41) is 5.28. The van der Waals surface area contributed by atoms with Crippen molar-refractivity contribution in [3.05, 3.63) is 70.7 Å². The molecular formula is C19H17Cl2N3O3. The summed E-state index contributed by atoms with van der Waals surface area (Å²) in [6, 6.07) is 12.5. The monoisotopic (exact) mass is 405 g/mol. The van der Waals surface area contributed by atoms with Crippen LogP contribution in [0.5, 0.6) is 11.5 Å². The summed E-state index contributed by atoms with van der Waals surface area (Å²) < 4.78 is 19.6. The van der Waals surface area contributed by atoms with E-state index in [9.17, 15) is 0 Å². The van der Waals surface area contributed by atoms with Crippen LogP contribution in [0, 0.1) is 0 Å². The molecule has 1 aliphatic rings. The van der Waals surface area contributed by atoms with Crippen molar-refractivity contribution in [3.8, 4) is 11.5 Å². The molecule has 0 amide bonds. The van der Waals surface area contributed by atoms with Crippen LogP contribution in [0.15, 0.2) is 55.1 Å². The molecule has 0 bridgehead atoms. The van der Waals surface area contributed by atoms with Gasteiger partial charge in [0.05, 0.1) is 17.7 Å². The fourth-order valence-corrected chi connectivity index (χ4v) is 3.43. The van der Waals surface area contributed by atoms with Gasteiger partial charge in [-0.3, -0.25) is 0 Å². The zero-order valence-electron chi connectivity index (χ0n) is 14.5. The van der Waals surface area contributed by atoms with Gasteiger partial charge in [-0.2, -0.15) is 5.10 Å². The summed E-state index contributed by atoms with van der Waals surface area (Å²) in [7, 11) is 0. The third kappa shape index (κ3) is 3.94. The van der Waals surface area contributed by atoms with E-state index in [1.165, 1.54) is 6.33 Å². The second kappa shape index (κ2) is 7.48. The first-order valence-corrected chi connectivity index (χ1v) is 9.17. The van der Waals surface area contributed by atoms with Crippen LogP contribution in [-0.4, -0.2) is 27.5 Å². The molecule has 1 fully saturated rings. The van der Waals surface area contributed by atoms with Gasteiger partial charge in [-0.25, -0.2) is 9.67 Å². The van der Waals surface area contributed by atoms with Gasteiger partial charge in [0.1, 0.15) is 30.7 Å². The second-order valence-corrected chi connectivity index (χ2v) is 7.13. The molecule has 0 saturated carbocycles. The molecule has 6 nitrogen and oxygen atoms in total. The highest BCUT2D eigenvalue weighted by Crippen LogP contribution is 2.41. The van der Waals surface area contributed by atoms with Crippen LogP contribution in [0.25, 0.3) is 0 Å². The predicted molar refractivity (Wildman–Crippen MR) is 101 cm³/mol. The van der Waals surface area contributed by atoms with Gasteiger partial charge >= 0.3 is 0 Å². The third-order valence-corrected chi connectivity index (χ3v) is 4.74. The lowest BCUT2D eigenvalue weighted by molar-refractivity contribution is -0.186. The lowest BCUT2D eigenvalue weighted by Gasteiger charge is -2.29. The van der Waals surface area contributed by atoms with Crippen LogP contribution < -0.4 is 4.74 Å². The number of rotatable bonds is 5. The lowest BCUT2D eigenvalue weighted by Crippen LogP contribution is -2.34. The highest BCUT2D eigenvalue weighted by Gasteiger charge is 2.44. The molecule has 0 spiro atoms. The Morgan fingerprint density at radius 3 is 2.59 bits per heavy atom. The smallest absolute Gasteiger partial charge is 0.217 e. The lowest BCUT2D eigenvalue weighted by atomic mass is 10.1. The molecule has 27 heavy (non-hydrogen) atoms. The minimum Gasteiger partial charge on any atom is -0.457 e. The van der Waals surface area contributed by atoms with Crippen LogP contribution in [0.1, 0.15) is 12.5 Å². The van der Waals surface area contributed by atoms with Crippen molar-refractivity contribution in [1.82, 2.24) is 14.8 Å². The number of hydrogen-bond acceptors (Lipinski definition) is 5. The first-order valence-electron chi connectivity index (χ1n) is 8.42. The zero-order valence-corrected chi connectivity index (χ0v) is 16.0. The molecule has 8 heteroatoms. The van der Waals surface area contributed by atoms with Crippen molar-refractivity contribution in [2.45, 2.75) is 25.4 Å². The van der Waals surface area contributed by atoms with Gasteiger partial charge in [0.2, 0.25) is 5.79 Å². The van der Waals surface area contributed by atoms with Crippen molar-refractivity contribution in [1.29, 1.82) is 0 Å². The van der Waals surface area contributed by atoms with Crippen molar-refractivity contribution >= 4 is 23.2 Å². The first kappa shape index (κ1) is 18.3. The van der Waals surface area contributed by atoms with E-state index in [0.29, 0.717) is 40.3 Å². The van der Waals surface area contributed by atoms with Crippen molar-refractivity contribution in [2.75, 3.05) is 6.61 Å². The van der Waals surface area contributed by atoms with Crippen molar-refractivity contribution < 1.29 is 14.2 Å². The van der Waals surface area contributed by atoms with Gasteiger partial charge < -0.3 is 14.2 Å². The van der Waals surface area contributed by atoms with E-state index < -0.39 is 5.79 Å². The van der Waals surface area contributed by atoms with Gasteiger partial charge in [-0.05, 0) is 49.4 Å². The summed E-state index contributed by atoms with van der Waals surface area (Å²) in [5.74, 6) is 0.249. The summed E-state index contributed by atoms with van der Waals surface area (Å²) >= 11 is 12.5. The zero-order chi connectivity index (χ0) is 18.9. The Morgan fingerprint density at radius 1 is 1.19 bits per heavy atom. The van der Waals surface area contributed by atoms with Crippen molar-refractivity contribution in [3.63, 3.8) is 0 Å². The number of aromatic nitrogens is 3. The molecule has 1 aromatic heterocycles. The van der Waals surface area contributed by atoms with Crippen LogP contribution in [-0.2, 0) is 21.8 Å². The molecule has 0 aliphatic carbocycles. The summed E-state index contributed by atoms with van der Waals surface area (Å²) in [6.45, 7) is 2.76. The van der Waals surface area contributed by atoms with E-state index in [0.717, 1.165) is 0 Å². The van der Waals surface area contributed by atoms with Crippen LogP contribution in [0.2, 0.25) is 10.0 Å². The first-order chi connectivity index (χ1) is 13.0. The molecular weight excluding hydrogens is 389 g/mol. The number of ether oxygens (including phenoxy) is 3. The Balaban J connectivity index is 1.62. The van der Waals surface area contributed by atoms with E-state index in [1.54, 1.807) is 41.3 Å². The molecule has 2 heterocycles. The van der Waals surface area contributed by atoms with Gasteiger partial charge in [-0.15, -0.1) is 0 Å². The van der Waals surface area contributed by atoms with E-state index in [4.69, 9.17) is 37.4 Å². The predicted octanol–water partition coefficient (Wildman–Crippen LogP) is 4.67. The maximum atomic E-state index is 6.57. The number of nitrogens with zero attached hydrogens (tertiary/aromatic N) is 3. The Bertz CT molecular complexity index is 918. The van der Waals surface area contributed by atoms with E-state index in [-0.39, 0.29) is 6.10 Å². The van der Waals surface area contributed by atoms with E-state index in [2.05, 4.69) is 10.1 Å². The standard InChI is InChI=1S/C19H17Cl2N3O3/c1-13-9-25-19(27-13,10-24-12-22-11-23-24)17-7-6-16(8-18(17)21)26-15-4-2-14(20)3-5-15/h2-8,11-13H,9-10H2,1H3/t13?,19-/m0/s1. The molecule has 2 aromatic carbocycles. The van der Waals surface area contributed by atoms with E-state index in [1.807, 2.05) is 19.1 Å². The molecule has 3 aromatic rings. The Labute approximate surface area is 166 Å². The molecule has 1 unspecified atom stereocenters. The maximum absolute atomic E-state index is 6.57. The molecule has 1 aliphatic heterocycles. The molecule has 4 rings (SSSR count). The highest BCUT2D eigenvalue weighted by atomic mass is 35.5. The minimum absolute atomic E-state index is 0.0606. The van der Waals surface area contributed by atoms with Gasteiger partial charge in [0.15, 0.2) is 0 Å². The minimum atomic E-state index is -1.02. The maximum Gasteiger partial charge on any atom is 0.217 e. The topological polar surface area (TPSA) is 58.4 Å². The summed E-state index contributed by atoms with van der Waals surface area (Å²) in [6.07, 6.45) is 3.02. The molecule has 0 N–H and O–H groups in total. The van der Waals surface area contributed by atoms with E-state index >= 15 is 0 Å². The number of hydrogen-bond donors (Lipinski definition) is 0. The largest absolute Gasteiger partial charge is 0.457 e. The Morgan fingerprint density at radius 2 is 1.96 bits per heavy atom. The summed E-state index contributed by atoms with van der Waals surface area (Å²) in [5.41, 5.74) is 0.715. The third-order valence-electron chi connectivity index (χ3n) is 4.18. The summed E-state index contributed by atoms with van der Waals surface area (Å²) in [4.78, 5) is 3.98. The Hall–Kier alpha value is -2.12. The molecule has 0 radical (unpaired) electrons. The molecule has 140 valence electrons. The average Bonchev–Trinajstić information content (AvgIpc) is 3.28. The van der Waals surface area contributed by atoms with Gasteiger partial charge in [0, 0.05) is 10.6 Å². The van der Waals surface area contributed by atoms with Crippen LogP contribution >= 0.6 is 23.2 Å². The van der Waals surface area contributed by atoms with Crippen LogP contribution in [0.4, 0.5) is 0 Å². The van der Waals surface area contributed by atoms with Crippen molar-refractivity contribution in [2.24, 2.45) is 0 Å². The number of halogens is 2. The van der Waals surface area contributed by atoms with Gasteiger partial charge in [-0.1, -0.05) is 23.2 Å². The average molecular weight is 406 g/mol. The normalized spacial score (nSPS) is 22.1. The number of benzene rings is 2.